The Morgan fingerprint density at radius 3 is 1.95 bits per heavy atom. The number of hydrogen-bond acceptors (Lipinski definition) is 2. The molecule has 2 aromatic heterocycles. The molecule has 9 aromatic rings. The second-order valence-corrected chi connectivity index (χ2v) is 11.6. The van der Waals surface area contributed by atoms with Gasteiger partial charge >= 0.3 is 0 Å². The molecular weight excluding hydrogens is 516 g/mol. The van der Waals surface area contributed by atoms with Crippen LogP contribution in [0.5, 0.6) is 0 Å². The van der Waals surface area contributed by atoms with Gasteiger partial charge in [0.1, 0.15) is 5.58 Å². The van der Waals surface area contributed by atoms with Gasteiger partial charge in [-0.2, -0.15) is 0 Å². The number of benzene rings is 7. The third-order valence-electron chi connectivity index (χ3n) is 8.11. The number of hydrogen-bond donors (Lipinski definition) is 0. The van der Waals surface area contributed by atoms with Crippen molar-refractivity contribution in [1.82, 2.24) is 0 Å². The second kappa shape index (κ2) is 7.83. The first-order valence-electron chi connectivity index (χ1n) is 13.0. The maximum Gasteiger partial charge on any atom is 0.154 e. The van der Waals surface area contributed by atoms with Gasteiger partial charge in [-0.3, -0.25) is 0 Å². The fourth-order valence-corrected chi connectivity index (χ4v) is 7.91. The smallest absolute Gasteiger partial charge is 0.154 e. The van der Waals surface area contributed by atoms with E-state index in [-0.39, 0.29) is 0 Å². The largest absolute Gasteiger partial charge is 0.454 e. The molecule has 0 fully saturated rings. The number of fused-ring (bicyclic) bond motifs is 11. The molecule has 0 aliphatic carbocycles. The first-order valence-corrected chi connectivity index (χ1v) is 14.2. The van der Waals surface area contributed by atoms with Crippen molar-refractivity contribution in [1.29, 1.82) is 0 Å². The highest BCUT2D eigenvalue weighted by Gasteiger charge is 2.20. The van der Waals surface area contributed by atoms with E-state index in [9.17, 15) is 0 Å². The molecule has 0 unspecified atom stereocenters. The Morgan fingerprint density at radius 2 is 1.13 bits per heavy atom. The molecule has 9 rings (SSSR count). The summed E-state index contributed by atoms with van der Waals surface area (Å²) in [6.07, 6.45) is 0. The predicted octanol–water partition coefficient (Wildman–Crippen LogP) is 11.7. The SMILES string of the molecule is Clc1c2ccccc2cc2c1oc1cc(-c3cc4c5ccccc5sc4c4ccccc34)c3ccccc3c12. The van der Waals surface area contributed by atoms with Gasteiger partial charge in [-0.25, -0.2) is 0 Å². The topological polar surface area (TPSA) is 13.1 Å². The van der Waals surface area contributed by atoms with Gasteiger partial charge in [-0.1, -0.05) is 103 Å². The third-order valence-corrected chi connectivity index (χ3v) is 9.70. The highest BCUT2D eigenvalue weighted by molar-refractivity contribution is 7.26. The van der Waals surface area contributed by atoms with Crippen molar-refractivity contribution in [3.05, 3.63) is 120 Å². The number of halogens is 1. The molecule has 0 aliphatic rings. The molecule has 0 atom stereocenters. The van der Waals surface area contributed by atoms with Crippen LogP contribution in [0.25, 0.3) is 85.6 Å². The van der Waals surface area contributed by atoms with Crippen LogP contribution in [0.15, 0.2) is 120 Å². The Bertz CT molecular complexity index is 2460. The molecule has 0 saturated carbocycles. The Hall–Kier alpha value is -4.37. The van der Waals surface area contributed by atoms with Crippen LogP contribution in [-0.2, 0) is 0 Å². The fourth-order valence-electron chi connectivity index (χ4n) is 6.38. The van der Waals surface area contributed by atoms with Crippen molar-refractivity contribution < 1.29 is 4.42 Å². The summed E-state index contributed by atoms with van der Waals surface area (Å²) in [5.74, 6) is 0. The minimum atomic E-state index is 0.668. The highest BCUT2D eigenvalue weighted by atomic mass is 35.5. The van der Waals surface area contributed by atoms with Gasteiger partial charge in [0.2, 0.25) is 0 Å². The van der Waals surface area contributed by atoms with E-state index in [1.54, 1.807) is 0 Å². The van der Waals surface area contributed by atoms with E-state index in [0.29, 0.717) is 5.02 Å². The van der Waals surface area contributed by atoms with Crippen LogP contribution in [0.4, 0.5) is 0 Å². The summed E-state index contributed by atoms with van der Waals surface area (Å²) in [6, 6.07) is 41.2. The minimum Gasteiger partial charge on any atom is -0.454 e. The maximum absolute atomic E-state index is 6.95. The van der Waals surface area contributed by atoms with Gasteiger partial charge in [0.05, 0.1) is 5.02 Å². The predicted molar refractivity (Wildman–Crippen MR) is 170 cm³/mol. The number of rotatable bonds is 1. The first-order chi connectivity index (χ1) is 19.3. The van der Waals surface area contributed by atoms with E-state index in [2.05, 4.69) is 109 Å². The number of thiophene rings is 1. The Labute approximate surface area is 232 Å². The van der Waals surface area contributed by atoms with Crippen LogP contribution in [-0.4, -0.2) is 0 Å². The van der Waals surface area contributed by atoms with Gasteiger partial charge in [0.25, 0.3) is 0 Å². The van der Waals surface area contributed by atoms with Crippen LogP contribution in [0.2, 0.25) is 5.02 Å². The second-order valence-electron chi connectivity index (χ2n) is 10.2. The average Bonchev–Trinajstić information content (AvgIpc) is 3.55. The molecule has 0 bridgehead atoms. The average molecular weight is 535 g/mol. The summed E-state index contributed by atoms with van der Waals surface area (Å²) in [5, 5.41) is 12.5. The Morgan fingerprint density at radius 1 is 0.513 bits per heavy atom. The molecule has 7 aromatic carbocycles. The summed E-state index contributed by atoms with van der Waals surface area (Å²) < 4.78 is 9.24. The molecule has 0 saturated heterocycles. The quantitative estimate of drug-likeness (QED) is 0.204. The van der Waals surface area contributed by atoms with E-state index in [1.807, 2.05) is 17.4 Å². The molecule has 3 heteroatoms. The lowest BCUT2D eigenvalue weighted by Crippen LogP contribution is -1.86. The van der Waals surface area contributed by atoms with E-state index in [4.69, 9.17) is 16.0 Å². The van der Waals surface area contributed by atoms with Crippen molar-refractivity contribution in [2.24, 2.45) is 0 Å². The van der Waals surface area contributed by atoms with E-state index >= 15 is 0 Å². The lowest BCUT2D eigenvalue weighted by molar-refractivity contribution is 0.670. The Balaban J connectivity index is 1.47. The first kappa shape index (κ1) is 21.6. The van der Waals surface area contributed by atoms with Gasteiger partial charge < -0.3 is 4.42 Å². The molecule has 0 radical (unpaired) electrons. The maximum atomic E-state index is 6.95. The van der Waals surface area contributed by atoms with Gasteiger partial charge in [0.15, 0.2) is 5.58 Å². The van der Waals surface area contributed by atoms with Crippen LogP contribution < -0.4 is 0 Å². The van der Waals surface area contributed by atoms with Crippen molar-refractivity contribution in [3.8, 4) is 11.1 Å². The zero-order valence-corrected chi connectivity index (χ0v) is 22.2. The summed E-state index contributed by atoms with van der Waals surface area (Å²) in [6.45, 7) is 0. The molecule has 39 heavy (non-hydrogen) atoms. The van der Waals surface area contributed by atoms with Crippen LogP contribution in [0, 0.1) is 0 Å². The van der Waals surface area contributed by atoms with Crippen LogP contribution >= 0.6 is 22.9 Å². The van der Waals surface area contributed by atoms with Crippen LogP contribution in [0.3, 0.4) is 0 Å². The van der Waals surface area contributed by atoms with E-state index in [1.165, 1.54) is 52.8 Å². The summed E-state index contributed by atoms with van der Waals surface area (Å²) >= 11 is 8.82. The fraction of sp³-hybridized carbons (Fsp3) is 0. The summed E-state index contributed by atoms with van der Waals surface area (Å²) in [5.41, 5.74) is 4.00. The standard InChI is InChI=1S/C36H19ClOS/c37-34-21-10-2-1-9-20(21)17-30-33-25-14-5-3-11-22(25)28(19-31(33)38-35(30)34)27-18-29-24-13-7-8-16-32(24)39-36(29)26-15-6-4-12-23(26)27/h1-19H. The lowest BCUT2D eigenvalue weighted by Gasteiger charge is -2.12. The molecule has 0 spiro atoms. The Kier molecular flexibility index (Phi) is 4.33. The van der Waals surface area contributed by atoms with Crippen molar-refractivity contribution in [2.45, 2.75) is 0 Å². The third kappa shape index (κ3) is 2.90. The molecule has 182 valence electrons. The van der Waals surface area contributed by atoms with E-state index < -0.39 is 0 Å². The molecule has 2 heterocycles. The summed E-state index contributed by atoms with van der Waals surface area (Å²) in [4.78, 5) is 0. The number of furan rings is 1. The lowest BCUT2D eigenvalue weighted by atomic mass is 9.90. The van der Waals surface area contributed by atoms with Crippen molar-refractivity contribution in [3.63, 3.8) is 0 Å². The van der Waals surface area contributed by atoms with Gasteiger partial charge in [-0.15, -0.1) is 11.3 Å². The molecule has 1 nitrogen and oxygen atoms in total. The molecule has 0 aliphatic heterocycles. The molecular formula is C36H19ClOS. The summed E-state index contributed by atoms with van der Waals surface area (Å²) in [7, 11) is 0. The van der Waals surface area contributed by atoms with Crippen molar-refractivity contribution in [2.75, 3.05) is 0 Å². The molecule has 0 amide bonds. The van der Waals surface area contributed by atoms with Gasteiger partial charge in [0, 0.05) is 41.7 Å². The highest BCUT2D eigenvalue weighted by Crippen LogP contribution is 2.47. The normalized spacial score (nSPS) is 12.2. The molecule has 0 N–H and O–H groups in total. The van der Waals surface area contributed by atoms with Gasteiger partial charge in [-0.05, 0) is 56.9 Å². The van der Waals surface area contributed by atoms with Crippen LogP contribution in [0.1, 0.15) is 0 Å². The van der Waals surface area contributed by atoms with E-state index in [0.717, 1.165) is 32.7 Å². The monoisotopic (exact) mass is 534 g/mol. The zero-order chi connectivity index (χ0) is 25.7. The van der Waals surface area contributed by atoms with Crippen molar-refractivity contribution >= 4 is 97.4 Å². The zero-order valence-electron chi connectivity index (χ0n) is 20.7. The minimum absolute atomic E-state index is 0.668.